The summed E-state index contributed by atoms with van der Waals surface area (Å²) in [7, 11) is 0. The Labute approximate surface area is 358 Å². The van der Waals surface area contributed by atoms with E-state index in [0.717, 1.165) is 76.9 Å². The number of ether oxygens (including phenoxy) is 2. The fourth-order valence-electron chi connectivity index (χ4n) is 8.10. The van der Waals surface area contributed by atoms with Crippen molar-refractivity contribution >= 4 is 23.4 Å². The molecule has 0 spiro atoms. The molecular weight excluding hydrogens is 721 g/mol. The van der Waals surface area contributed by atoms with E-state index in [1.807, 2.05) is 12.1 Å². The SMILES string of the molecule is CCCCCC(CCCCC)CCOC(=O)CCCCCCCN(CCCCCCCC(=O)OCCC(CCCCC)CCCCC)CCCNc1ncccc1N. The molecule has 1 aromatic heterocycles. The minimum absolute atomic E-state index is 0.0114. The number of esters is 2. The smallest absolute Gasteiger partial charge is 0.305 e. The van der Waals surface area contributed by atoms with Gasteiger partial charge in [-0.05, 0) is 88.5 Å². The third-order valence-corrected chi connectivity index (χ3v) is 11.9. The number of hydrogen-bond acceptors (Lipinski definition) is 8. The fraction of sp³-hybridized carbons (Fsp3) is 0.860. The highest BCUT2D eigenvalue weighted by Crippen LogP contribution is 2.23. The summed E-state index contributed by atoms with van der Waals surface area (Å²) in [6.07, 6.45) is 37.7. The van der Waals surface area contributed by atoms with E-state index in [-0.39, 0.29) is 11.9 Å². The van der Waals surface area contributed by atoms with Gasteiger partial charge in [0.05, 0.1) is 18.9 Å². The van der Waals surface area contributed by atoms with Crippen LogP contribution in [0.15, 0.2) is 18.3 Å². The van der Waals surface area contributed by atoms with Crippen LogP contribution < -0.4 is 11.1 Å². The van der Waals surface area contributed by atoms with Gasteiger partial charge in [0.2, 0.25) is 0 Å². The van der Waals surface area contributed by atoms with E-state index in [1.54, 1.807) is 6.20 Å². The third kappa shape index (κ3) is 32.5. The van der Waals surface area contributed by atoms with Gasteiger partial charge in [0.1, 0.15) is 5.82 Å². The predicted octanol–water partition coefficient (Wildman–Crippen LogP) is 13.9. The summed E-state index contributed by atoms with van der Waals surface area (Å²) in [5.74, 6) is 2.16. The number of anilines is 2. The van der Waals surface area contributed by atoms with Gasteiger partial charge in [-0.2, -0.15) is 0 Å². The van der Waals surface area contributed by atoms with Crippen LogP contribution in [-0.4, -0.2) is 61.2 Å². The minimum atomic E-state index is -0.0114. The molecule has 8 nitrogen and oxygen atoms in total. The van der Waals surface area contributed by atoms with Crippen molar-refractivity contribution in [3.63, 3.8) is 0 Å². The van der Waals surface area contributed by atoms with Gasteiger partial charge in [-0.15, -0.1) is 0 Å². The number of nitrogens with two attached hydrogens (primary N) is 1. The fourth-order valence-corrected chi connectivity index (χ4v) is 8.10. The van der Waals surface area contributed by atoms with Gasteiger partial charge in [0.15, 0.2) is 0 Å². The summed E-state index contributed by atoms with van der Waals surface area (Å²) < 4.78 is 11.3. The van der Waals surface area contributed by atoms with Crippen LogP contribution in [0.5, 0.6) is 0 Å². The first-order valence-electron chi connectivity index (χ1n) is 24.9. The number of nitrogen functional groups attached to an aromatic ring is 1. The maximum absolute atomic E-state index is 12.4. The summed E-state index contributed by atoms with van der Waals surface area (Å²) in [5, 5.41) is 3.41. The van der Waals surface area contributed by atoms with E-state index >= 15 is 0 Å². The van der Waals surface area contributed by atoms with Crippen molar-refractivity contribution in [2.75, 3.05) is 50.4 Å². The zero-order chi connectivity index (χ0) is 42.2. The molecule has 3 N–H and O–H groups in total. The van der Waals surface area contributed by atoms with Gasteiger partial charge in [0.25, 0.3) is 0 Å². The predicted molar refractivity (Wildman–Crippen MR) is 248 cm³/mol. The Morgan fingerprint density at radius 1 is 0.569 bits per heavy atom. The first kappa shape index (κ1) is 53.7. The van der Waals surface area contributed by atoms with Crippen LogP contribution in [0.25, 0.3) is 0 Å². The molecule has 0 aromatic carbocycles. The van der Waals surface area contributed by atoms with Crippen LogP contribution in [0.3, 0.4) is 0 Å². The van der Waals surface area contributed by atoms with E-state index in [0.29, 0.717) is 43.6 Å². The lowest BCUT2D eigenvalue weighted by Crippen LogP contribution is -2.28. The number of pyridine rings is 1. The molecule has 0 unspecified atom stereocenters. The molecular formula is C50H94N4O4. The molecule has 58 heavy (non-hydrogen) atoms. The number of carbonyl (C=O) groups excluding carboxylic acids is 2. The first-order valence-corrected chi connectivity index (χ1v) is 24.9. The number of unbranched alkanes of at least 4 members (excludes halogenated alkanes) is 16. The van der Waals surface area contributed by atoms with Gasteiger partial charge >= 0.3 is 11.9 Å². The van der Waals surface area contributed by atoms with Crippen LogP contribution in [0.2, 0.25) is 0 Å². The molecule has 0 saturated heterocycles. The summed E-state index contributed by atoms with van der Waals surface area (Å²) >= 11 is 0. The zero-order valence-electron chi connectivity index (χ0n) is 38.7. The van der Waals surface area contributed by atoms with Gasteiger partial charge in [-0.25, -0.2) is 4.98 Å². The highest BCUT2D eigenvalue weighted by molar-refractivity contribution is 5.69. The van der Waals surface area contributed by atoms with Crippen molar-refractivity contribution in [1.82, 2.24) is 9.88 Å². The number of nitrogens with one attached hydrogen (secondary N) is 1. The molecule has 0 bridgehead atoms. The lowest BCUT2D eigenvalue weighted by molar-refractivity contribution is -0.145. The minimum Gasteiger partial charge on any atom is -0.466 e. The number of rotatable bonds is 43. The molecule has 0 fully saturated rings. The average molecular weight is 815 g/mol. The Hall–Kier alpha value is -2.35. The summed E-state index contributed by atoms with van der Waals surface area (Å²) in [6, 6.07) is 3.75. The molecule has 0 aliphatic heterocycles. The molecule has 8 heteroatoms. The maximum Gasteiger partial charge on any atom is 0.305 e. The standard InChI is InChI=1S/C50H94N4O4/c1-5-9-19-29-45(30-20-10-6-2)36-43-57-48(55)34-23-15-13-17-25-40-54(42-28-39-53-50-47(51)33-27-38-52-50)41-26-18-14-16-24-35-49(56)58-44-37-46(31-21-11-7-3)32-22-12-8-4/h27,33,38,45-46H,5-26,28-32,34-37,39-44,51H2,1-4H3,(H,52,53). The maximum atomic E-state index is 12.4. The second kappa shape index (κ2) is 40.1. The van der Waals surface area contributed by atoms with Gasteiger partial charge in [0, 0.05) is 25.6 Å². The number of aromatic nitrogens is 1. The monoisotopic (exact) mass is 815 g/mol. The van der Waals surface area contributed by atoms with E-state index in [9.17, 15) is 9.59 Å². The highest BCUT2D eigenvalue weighted by Gasteiger charge is 2.13. The summed E-state index contributed by atoms with van der Waals surface area (Å²) in [6.45, 7) is 14.4. The highest BCUT2D eigenvalue weighted by atomic mass is 16.5. The van der Waals surface area contributed by atoms with Crippen molar-refractivity contribution in [2.24, 2.45) is 11.8 Å². The Kier molecular flexibility index (Phi) is 37.1. The van der Waals surface area contributed by atoms with Crippen molar-refractivity contribution in [2.45, 2.75) is 227 Å². The summed E-state index contributed by atoms with van der Waals surface area (Å²) in [4.78, 5) is 31.9. The molecule has 0 radical (unpaired) electrons. The number of carbonyl (C=O) groups is 2. The molecule has 0 aliphatic carbocycles. The number of hydrogen-bond donors (Lipinski definition) is 2. The molecule has 1 rings (SSSR count). The Bertz CT molecular complexity index is 996. The first-order chi connectivity index (χ1) is 28.4. The van der Waals surface area contributed by atoms with E-state index in [1.165, 1.54) is 141 Å². The van der Waals surface area contributed by atoms with Crippen molar-refractivity contribution in [3.05, 3.63) is 18.3 Å². The molecule has 338 valence electrons. The Balaban J connectivity index is 2.31. The average Bonchev–Trinajstić information content (AvgIpc) is 3.21. The normalized spacial score (nSPS) is 11.6. The van der Waals surface area contributed by atoms with Crippen molar-refractivity contribution < 1.29 is 19.1 Å². The van der Waals surface area contributed by atoms with Crippen molar-refractivity contribution in [1.29, 1.82) is 0 Å². The van der Waals surface area contributed by atoms with Gasteiger partial charge < -0.3 is 25.4 Å². The van der Waals surface area contributed by atoms with E-state index < -0.39 is 0 Å². The Morgan fingerprint density at radius 3 is 1.41 bits per heavy atom. The molecule has 0 amide bonds. The Morgan fingerprint density at radius 2 is 0.983 bits per heavy atom. The van der Waals surface area contributed by atoms with Gasteiger partial charge in [-0.1, -0.05) is 169 Å². The van der Waals surface area contributed by atoms with Crippen molar-refractivity contribution in [3.8, 4) is 0 Å². The largest absolute Gasteiger partial charge is 0.466 e. The van der Waals surface area contributed by atoms with Crippen LogP contribution >= 0.6 is 0 Å². The van der Waals surface area contributed by atoms with Crippen LogP contribution in [0.1, 0.15) is 227 Å². The van der Waals surface area contributed by atoms with Crippen LogP contribution in [0.4, 0.5) is 11.5 Å². The molecule has 0 aliphatic rings. The molecule has 0 saturated carbocycles. The molecule has 1 heterocycles. The molecule has 0 atom stereocenters. The molecule has 1 aromatic rings. The zero-order valence-corrected chi connectivity index (χ0v) is 38.7. The quantitative estimate of drug-likeness (QED) is 0.0496. The third-order valence-electron chi connectivity index (χ3n) is 11.9. The lowest BCUT2D eigenvalue weighted by Gasteiger charge is -2.22. The van der Waals surface area contributed by atoms with Crippen LogP contribution in [0, 0.1) is 11.8 Å². The lowest BCUT2D eigenvalue weighted by atomic mass is 9.92. The van der Waals surface area contributed by atoms with E-state index in [2.05, 4.69) is 42.9 Å². The topological polar surface area (TPSA) is 107 Å². The van der Waals surface area contributed by atoms with Crippen LogP contribution in [-0.2, 0) is 19.1 Å². The second-order valence-corrected chi connectivity index (χ2v) is 17.3. The van der Waals surface area contributed by atoms with Gasteiger partial charge in [-0.3, -0.25) is 9.59 Å². The number of nitrogens with zero attached hydrogens (tertiary/aromatic N) is 2. The summed E-state index contributed by atoms with van der Waals surface area (Å²) in [5.41, 5.74) is 6.77. The second-order valence-electron chi connectivity index (χ2n) is 17.3. The van der Waals surface area contributed by atoms with E-state index in [4.69, 9.17) is 15.2 Å².